The molecule has 110 valence electrons. The van der Waals surface area contributed by atoms with Crippen LogP contribution in [0.1, 0.15) is 50.5 Å². The number of rotatable bonds is 10. The zero-order valence-corrected chi connectivity index (χ0v) is 14.0. The molecule has 0 bridgehead atoms. The highest BCUT2D eigenvalue weighted by atomic mass is 79.9. The number of unbranched alkanes of at least 4 members (excludes halogenated alkanes) is 6. The van der Waals surface area contributed by atoms with E-state index in [1.165, 1.54) is 50.6 Å². The maximum absolute atomic E-state index is 8.78. The van der Waals surface area contributed by atoms with Crippen molar-refractivity contribution in [2.75, 3.05) is 23.8 Å². The van der Waals surface area contributed by atoms with Crippen LogP contribution >= 0.6 is 15.9 Å². The Morgan fingerprint density at radius 3 is 2.05 bits per heavy atom. The molecule has 1 aromatic rings. The van der Waals surface area contributed by atoms with Gasteiger partial charge < -0.3 is 4.90 Å². The topological polar surface area (TPSA) is 27.0 Å². The predicted octanol–water partition coefficient (Wildman–Crippen LogP) is 5.12. The van der Waals surface area contributed by atoms with Gasteiger partial charge in [-0.05, 0) is 37.1 Å². The number of hydrogen-bond acceptors (Lipinski definition) is 2. The molecule has 3 heteroatoms. The molecule has 0 saturated heterocycles. The Labute approximate surface area is 131 Å². The van der Waals surface area contributed by atoms with Crippen LogP contribution in [0.15, 0.2) is 24.3 Å². The van der Waals surface area contributed by atoms with E-state index in [2.05, 4.69) is 33.9 Å². The molecule has 1 rings (SSSR count). The fourth-order valence-corrected chi connectivity index (χ4v) is 2.64. The van der Waals surface area contributed by atoms with Crippen LogP contribution in [0.2, 0.25) is 0 Å². The Balaban J connectivity index is 2.10. The van der Waals surface area contributed by atoms with Gasteiger partial charge in [0, 0.05) is 24.6 Å². The van der Waals surface area contributed by atoms with Gasteiger partial charge in [0.2, 0.25) is 0 Å². The minimum Gasteiger partial charge on any atom is -0.375 e. The van der Waals surface area contributed by atoms with E-state index in [4.69, 9.17) is 5.26 Å². The summed E-state index contributed by atoms with van der Waals surface area (Å²) >= 11 is 3.47. The van der Waals surface area contributed by atoms with Crippen molar-refractivity contribution in [3.63, 3.8) is 0 Å². The van der Waals surface area contributed by atoms with Crippen molar-refractivity contribution in [2.45, 2.75) is 44.9 Å². The van der Waals surface area contributed by atoms with Crippen LogP contribution in [0.4, 0.5) is 5.69 Å². The fourth-order valence-electron chi connectivity index (χ4n) is 2.25. The van der Waals surface area contributed by atoms with E-state index in [1.54, 1.807) is 0 Å². The standard InChI is InChI=1S/C17H25BrN2/c1-20(17-11-9-16(15-19)10-12-17)14-8-6-4-2-3-5-7-13-18/h9-12H,2-8,13-14H2,1H3. The van der Waals surface area contributed by atoms with E-state index >= 15 is 0 Å². The molecular weight excluding hydrogens is 312 g/mol. The second kappa shape index (κ2) is 10.7. The van der Waals surface area contributed by atoms with Gasteiger partial charge in [-0.3, -0.25) is 0 Å². The molecule has 0 aliphatic carbocycles. The van der Waals surface area contributed by atoms with Gasteiger partial charge in [-0.15, -0.1) is 0 Å². The van der Waals surface area contributed by atoms with Crippen molar-refractivity contribution < 1.29 is 0 Å². The number of hydrogen-bond donors (Lipinski definition) is 0. The lowest BCUT2D eigenvalue weighted by Gasteiger charge is -2.19. The molecule has 0 aromatic heterocycles. The van der Waals surface area contributed by atoms with Crippen LogP contribution in [-0.2, 0) is 0 Å². The fraction of sp³-hybridized carbons (Fsp3) is 0.588. The number of nitrogens with zero attached hydrogens (tertiary/aromatic N) is 2. The summed E-state index contributed by atoms with van der Waals surface area (Å²) in [4.78, 5) is 2.27. The summed E-state index contributed by atoms with van der Waals surface area (Å²) in [5.74, 6) is 0. The molecule has 0 N–H and O–H groups in total. The first kappa shape index (κ1) is 17.0. The number of nitriles is 1. The van der Waals surface area contributed by atoms with E-state index < -0.39 is 0 Å². The highest BCUT2D eigenvalue weighted by molar-refractivity contribution is 9.09. The smallest absolute Gasteiger partial charge is 0.0991 e. The minimum absolute atomic E-state index is 0.727. The summed E-state index contributed by atoms with van der Waals surface area (Å²) in [6.07, 6.45) is 9.32. The third-order valence-electron chi connectivity index (χ3n) is 3.56. The van der Waals surface area contributed by atoms with Crippen LogP contribution in [-0.4, -0.2) is 18.9 Å². The molecule has 2 nitrogen and oxygen atoms in total. The Bertz CT molecular complexity index is 394. The Hall–Kier alpha value is -1.01. The number of anilines is 1. The second-order valence-electron chi connectivity index (χ2n) is 5.24. The maximum atomic E-state index is 8.78. The average molecular weight is 337 g/mol. The Morgan fingerprint density at radius 1 is 0.950 bits per heavy atom. The lowest BCUT2D eigenvalue weighted by atomic mass is 10.1. The first-order valence-corrected chi connectivity index (χ1v) is 8.67. The molecule has 0 heterocycles. The van der Waals surface area contributed by atoms with E-state index in [1.807, 2.05) is 24.3 Å². The Kier molecular flexibility index (Phi) is 9.15. The summed E-state index contributed by atoms with van der Waals surface area (Å²) in [5.41, 5.74) is 1.92. The monoisotopic (exact) mass is 336 g/mol. The molecule has 0 saturated carbocycles. The number of benzene rings is 1. The van der Waals surface area contributed by atoms with Gasteiger partial charge in [0.15, 0.2) is 0 Å². The van der Waals surface area contributed by atoms with Gasteiger partial charge in [0.25, 0.3) is 0 Å². The van der Waals surface area contributed by atoms with Gasteiger partial charge in [0.05, 0.1) is 11.6 Å². The quantitative estimate of drug-likeness (QED) is 0.438. The lowest BCUT2D eigenvalue weighted by molar-refractivity contribution is 0.590. The Morgan fingerprint density at radius 2 is 1.50 bits per heavy atom. The van der Waals surface area contributed by atoms with Crippen molar-refractivity contribution in [1.82, 2.24) is 0 Å². The highest BCUT2D eigenvalue weighted by Crippen LogP contribution is 2.15. The molecule has 0 amide bonds. The minimum atomic E-state index is 0.727. The van der Waals surface area contributed by atoms with Crippen molar-refractivity contribution in [1.29, 1.82) is 5.26 Å². The lowest BCUT2D eigenvalue weighted by Crippen LogP contribution is -2.18. The van der Waals surface area contributed by atoms with Crippen molar-refractivity contribution >= 4 is 21.6 Å². The van der Waals surface area contributed by atoms with Gasteiger partial charge in [-0.1, -0.05) is 48.0 Å². The van der Waals surface area contributed by atoms with Gasteiger partial charge >= 0.3 is 0 Å². The third kappa shape index (κ3) is 6.96. The zero-order chi connectivity index (χ0) is 14.6. The van der Waals surface area contributed by atoms with E-state index in [0.717, 1.165) is 17.4 Å². The summed E-state index contributed by atoms with van der Waals surface area (Å²) < 4.78 is 0. The molecule has 0 radical (unpaired) electrons. The second-order valence-corrected chi connectivity index (χ2v) is 6.04. The van der Waals surface area contributed by atoms with Crippen molar-refractivity contribution in [3.8, 4) is 6.07 Å². The molecule has 0 spiro atoms. The zero-order valence-electron chi connectivity index (χ0n) is 12.4. The summed E-state index contributed by atoms with van der Waals surface area (Å²) in [5, 5.41) is 9.92. The van der Waals surface area contributed by atoms with Gasteiger partial charge in [0.1, 0.15) is 0 Å². The third-order valence-corrected chi connectivity index (χ3v) is 4.13. The highest BCUT2D eigenvalue weighted by Gasteiger charge is 2.00. The molecule has 20 heavy (non-hydrogen) atoms. The van der Waals surface area contributed by atoms with Gasteiger partial charge in [-0.25, -0.2) is 0 Å². The van der Waals surface area contributed by atoms with Crippen LogP contribution in [0.5, 0.6) is 0 Å². The normalized spacial score (nSPS) is 10.2. The van der Waals surface area contributed by atoms with Crippen LogP contribution in [0.25, 0.3) is 0 Å². The molecule has 0 fully saturated rings. The maximum Gasteiger partial charge on any atom is 0.0991 e. The van der Waals surface area contributed by atoms with Gasteiger partial charge in [-0.2, -0.15) is 5.26 Å². The number of halogens is 1. The summed E-state index contributed by atoms with van der Waals surface area (Å²) in [7, 11) is 2.12. The van der Waals surface area contributed by atoms with E-state index in [-0.39, 0.29) is 0 Å². The SMILES string of the molecule is CN(CCCCCCCCCBr)c1ccc(C#N)cc1. The molecular formula is C17H25BrN2. The number of alkyl halides is 1. The molecule has 0 aliphatic rings. The molecule has 0 unspecified atom stereocenters. The summed E-state index contributed by atoms with van der Waals surface area (Å²) in [6, 6.07) is 9.97. The predicted molar refractivity (Wildman–Crippen MR) is 90.5 cm³/mol. The van der Waals surface area contributed by atoms with Crippen LogP contribution in [0, 0.1) is 11.3 Å². The largest absolute Gasteiger partial charge is 0.375 e. The summed E-state index contributed by atoms with van der Waals surface area (Å²) in [6.45, 7) is 1.09. The first-order valence-electron chi connectivity index (χ1n) is 7.55. The van der Waals surface area contributed by atoms with Crippen LogP contribution < -0.4 is 4.90 Å². The van der Waals surface area contributed by atoms with E-state index in [0.29, 0.717) is 0 Å². The van der Waals surface area contributed by atoms with Crippen molar-refractivity contribution in [2.24, 2.45) is 0 Å². The molecule has 0 atom stereocenters. The average Bonchev–Trinajstić information content (AvgIpc) is 2.50. The van der Waals surface area contributed by atoms with Crippen molar-refractivity contribution in [3.05, 3.63) is 29.8 Å². The molecule has 1 aromatic carbocycles. The van der Waals surface area contributed by atoms with E-state index in [9.17, 15) is 0 Å². The van der Waals surface area contributed by atoms with Crippen LogP contribution in [0.3, 0.4) is 0 Å². The molecule has 0 aliphatic heterocycles. The first-order chi connectivity index (χ1) is 9.77.